The number of rotatable bonds is 2. The van der Waals surface area contributed by atoms with Crippen molar-refractivity contribution >= 4 is 86.7 Å². The van der Waals surface area contributed by atoms with Gasteiger partial charge < -0.3 is 72.6 Å². The summed E-state index contributed by atoms with van der Waals surface area (Å²) < 4.78 is 23.1. The van der Waals surface area contributed by atoms with Gasteiger partial charge in [-0.2, -0.15) is 0 Å². The van der Waals surface area contributed by atoms with Crippen LogP contribution in [0.1, 0.15) is 83.1 Å². The van der Waals surface area contributed by atoms with E-state index in [4.69, 9.17) is 47.4 Å². The molecule has 446 valence electrons. The Balaban J connectivity index is -0.000000159. The summed E-state index contributed by atoms with van der Waals surface area (Å²) in [6, 6.07) is -1.43. The number of halogens is 2. The van der Waals surface area contributed by atoms with Crippen LogP contribution in [0.3, 0.4) is 0 Å². The van der Waals surface area contributed by atoms with Crippen LogP contribution in [0.4, 0.5) is 9.59 Å². The molecule has 0 aromatic rings. The Labute approximate surface area is 514 Å². The number of ether oxygens (including phenoxy) is 5. The Hall–Kier alpha value is -8.17. The van der Waals surface area contributed by atoms with Crippen LogP contribution in [0.5, 0.6) is 0 Å². The number of alkyl halides is 1. The number of amides is 3. The van der Waals surface area contributed by atoms with Gasteiger partial charge in [0.25, 0.3) is 0 Å². The normalized spacial score (nSPS) is 17.9. The largest absolute Gasteiger partial charge is 0.519 e. The molecule has 0 radical (unpaired) electrons. The van der Waals surface area contributed by atoms with Crippen LogP contribution in [-0.4, -0.2) is 137 Å². The van der Waals surface area contributed by atoms with Crippen LogP contribution in [0.2, 0.25) is 0 Å². The van der Waals surface area contributed by atoms with Crippen molar-refractivity contribution in [2.24, 2.45) is 17.4 Å². The molecule has 0 aliphatic carbocycles. The van der Waals surface area contributed by atoms with Gasteiger partial charge in [0.1, 0.15) is 29.4 Å². The van der Waals surface area contributed by atoms with Gasteiger partial charge in [-0.3, -0.25) is 14.4 Å². The topological polar surface area (TPSA) is 336 Å². The number of esters is 1. The van der Waals surface area contributed by atoms with Crippen LogP contribution in [0, 0.1) is 160 Å². The van der Waals surface area contributed by atoms with Gasteiger partial charge in [-0.15, -0.1) is 18.8 Å². The molecule has 20 nitrogen and oxygen atoms in total. The van der Waals surface area contributed by atoms with Crippen LogP contribution in [-0.2, 0) is 65.2 Å². The summed E-state index contributed by atoms with van der Waals surface area (Å²) in [5.74, 6) is 62.0. The van der Waals surface area contributed by atoms with E-state index in [-0.39, 0.29) is 60.4 Å². The number of aliphatic hydroxyl groups excluding tert-OH is 3. The highest BCUT2D eigenvalue weighted by Gasteiger charge is 2.45. The second-order valence-electron chi connectivity index (χ2n) is 16.4. The third-order valence-corrected chi connectivity index (χ3v) is 8.33. The van der Waals surface area contributed by atoms with Gasteiger partial charge in [0.2, 0.25) is 17.7 Å². The Kier molecular flexibility index (Phi) is 61.0. The molecule has 0 saturated carbocycles. The number of hydrogen-bond acceptors (Lipinski definition) is 19. The predicted molar refractivity (Wildman–Crippen MR) is 328 cm³/mol. The number of hydrogen-bond donors (Lipinski definition) is 9. The first kappa shape index (κ1) is 88.7. The minimum Gasteiger partial charge on any atom is -0.467 e. The van der Waals surface area contributed by atoms with E-state index >= 15 is 0 Å². The number of carbonyl (C=O) groups excluding carboxylic acids is 6. The number of nitrogens with two attached hydrogens (primary N) is 2. The van der Waals surface area contributed by atoms with E-state index in [1.54, 1.807) is 83.1 Å². The van der Waals surface area contributed by atoms with Crippen molar-refractivity contribution in [3.8, 4) is 154 Å². The molecule has 0 spiro atoms. The highest BCUT2D eigenvalue weighted by Crippen LogP contribution is 2.24. The van der Waals surface area contributed by atoms with E-state index in [1.807, 2.05) is 0 Å². The minimum absolute atomic E-state index is 0. The number of β-amino-alcohol motifs (C(OH)–C–C–N with tert-alkyl or cyclic N) is 3. The molecular weight excluding hydrogens is 1200 g/mol. The SMILES string of the molecule is C#CC#CC#CC#CC#CC.CC#CC#CC#CC.CC#CC#CC#CC#CC#CC.CC(C)(C)OC(=O)OC(=O)OC(C)(C)C.COC(=O)[C@@H]1O[C@@H]1CBr.C[C@@H]1C(=O)NC[C@H]1O.Cl.N.NC1C(=O)NC[C@H]1O.N[C@@H]1C(=O)NC[C@H]1O.S=S. The van der Waals surface area contributed by atoms with Gasteiger partial charge >= 0.3 is 18.3 Å². The van der Waals surface area contributed by atoms with Crippen molar-refractivity contribution in [3.05, 3.63) is 0 Å². The monoisotopic (exact) mass is 1260 g/mol. The molecule has 24 heteroatoms. The minimum atomic E-state index is -1.06. The van der Waals surface area contributed by atoms with Crippen LogP contribution in [0.25, 0.3) is 0 Å². The molecule has 4 aliphatic rings. The first-order valence-electron chi connectivity index (χ1n) is 23.2. The van der Waals surface area contributed by atoms with Crippen LogP contribution < -0.4 is 33.6 Å². The molecule has 13 N–H and O–H groups in total. The fraction of sp³-hybridized carbons (Fsp3) is 0.458. The Morgan fingerprint density at radius 2 is 0.867 bits per heavy atom. The van der Waals surface area contributed by atoms with Crippen molar-refractivity contribution in [2.75, 3.05) is 32.1 Å². The van der Waals surface area contributed by atoms with Crippen molar-refractivity contribution < 1.29 is 67.8 Å². The van der Waals surface area contributed by atoms with Gasteiger partial charge in [-0.05, 0) is 195 Å². The predicted octanol–water partition coefficient (Wildman–Crippen LogP) is 1.23. The number of epoxide rings is 1. The zero-order chi connectivity index (χ0) is 63.2. The number of aliphatic hydroxyl groups is 3. The lowest BCUT2D eigenvalue weighted by atomic mass is 10.1. The van der Waals surface area contributed by atoms with Crippen molar-refractivity contribution in [3.63, 3.8) is 0 Å². The lowest BCUT2D eigenvalue weighted by Crippen LogP contribution is -2.36. The molecule has 8 atom stereocenters. The molecule has 4 fully saturated rings. The fourth-order valence-electron chi connectivity index (χ4n) is 3.92. The number of terminal acetylenes is 1. The average molecular weight is 1270 g/mol. The molecule has 1 unspecified atom stereocenters. The van der Waals surface area contributed by atoms with Crippen molar-refractivity contribution in [1.29, 1.82) is 0 Å². The molecule has 83 heavy (non-hydrogen) atoms. The van der Waals surface area contributed by atoms with E-state index in [9.17, 15) is 28.8 Å². The van der Waals surface area contributed by atoms with Gasteiger partial charge in [0, 0.05) is 47.3 Å². The summed E-state index contributed by atoms with van der Waals surface area (Å²) in [7, 11) is 1.36. The first-order chi connectivity index (χ1) is 38.2. The van der Waals surface area contributed by atoms with Crippen molar-refractivity contribution in [2.45, 2.75) is 137 Å². The molecule has 4 aliphatic heterocycles. The number of methoxy groups -OCH3 is 1. The zero-order valence-electron chi connectivity index (χ0n) is 48.3. The summed E-state index contributed by atoms with van der Waals surface area (Å²) in [4.78, 5) is 63.9. The zero-order valence-corrected chi connectivity index (χ0v) is 52.4. The molecule has 3 amide bonds. The number of carbonyl (C=O) groups is 6. The second-order valence-corrected chi connectivity index (χ2v) is 17.0. The van der Waals surface area contributed by atoms with Gasteiger partial charge in [0.05, 0.1) is 31.3 Å². The molecule has 0 aromatic carbocycles. The van der Waals surface area contributed by atoms with E-state index in [1.165, 1.54) is 7.11 Å². The third-order valence-electron chi connectivity index (χ3n) is 7.69. The summed E-state index contributed by atoms with van der Waals surface area (Å²) >= 11 is 10.5. The van der Waals surface area contributed by atoms with Gasteiger partial charge in [-0.25, -0.2) is 14.4 Å². The highest BCUT2D eigenvalue weighted by molar-refractivity contribution is 9.09. The van der Waals surface area contributed by atoms with Gasteiger partial charge in [-0.1, -0.05) is 52.5 Å². The Bertz CT molecular complexity index is 2770. The maximum atomic E-state index is 11.0. The Morgan fingerprint density at radius 1 is 0.590 bits per heavy atom. The van der Waals surface area contributed by atoms with E-state index < -0.39 is 53.9 Å². The fourth-order valence-corrected chi connectivity index (χ4v) is 4.41. The Morgan fingerprint density at radius 3 is 1.02 bits per heavy atom. The maximum absolute atomic E-state index is 11.0. The average Bonchev–Trinajstić information content (AvgIpc) is 3.99. The van der Waals surface area contributed by atoms with Crippen molar-refractivity contribution in [1.82, 2.24) is 22.1 Å². The molecule has 0 aromatic heterocycles. The quantitative estimate of drug-likeness (QED) is 0.0469. The molecule has 4 rings (SSSR count). The highest BCUT2D eigenvalue weighted by atomic mass is 79.9. The third kappa shape index (κ3) is 58.3. The smallest absolute Gasteiger partial charge is 0.467 e. The maximum Gasteiger partial charge on any atom is 0.519 e. The lowest BCUT2D eigenvalue weighted by molar-refractivity contribution is -0.142. The molecule has 4 saturated heterocycles. The first-order valence-corrected chi connectivity index (χ1v) is 25.7. The van der Waals surface area contributed by atoms with Gasteiger partial charge in [0.15, 0.2) is 6.10 Å². The summed E-state index contributed by atoms with van der Waals surface area (Å²) in [6.07, 6.45) is 0.598. The molecular formula is C59H70BrClN6O14S2. The summed E-state index contributed by atoms with van der Waals surface area (Å²) in [5, 5.41) is 34.4. The molecule has 4 heterocycles. The van der Waals surface area contributed by atoms with E-state index in [0.29, 0.717) is 25.0 Å². The van der Waals surface area contributed by atoms with E-state index in [2.05, 4.69) is 212 Å². The van der Waals surface area contributed by atoms with Crippen LogP contribution >= 0.6 is 28.3 Å². The van der Waals surface area contributed by atoms with E-state index in [0.717, 1.165) is 0 Å². The molecule has 0 bridgehead atoms. The second kappa shape index (κ2) is 57.1. The summed E-state index contributed by atoms with van der Waals surface area (Å²) in [5.41, 5.74) is 8.93. The van der Waals surface area contributed by atoms with Crippen LogP contribution in [0.15, 0.2) is 0 Å². The summed E-state index contributed by atoms with van der Waals surface area (Å²) in [6.45, 7) is 21.4. The lowest BCUT2D eigenvalue weighted by Gasteiger charge is -2.20. The standard InChI is InChI=1S/C12H6.C11H4.C10H18O5.C8H6.C5H7BrO3.C5H9NO2.2C4H8N2O2.ClH.H3N.S2/c1-3-5-7-9-11-12-10-8-6-4-2;1-3-5-7-9-11-10-8-6-4-2;1-9(2,3)14-7(11)13-8(12)15-10(4,5)6;1-3-5-7-8-6-4-2;1-8-5(7)4-3(2-6)9-4;1-3-4(7)2-6-5(3)8;2*5-3-2(7)1-6-4(3)8;;;1-2/h1-2H3;1H,2H3;1-6H3;1-2H3;3-4H,2H2,1H3;3-4,7H,2H2,1H3,(H,6,8);2*2-3,7H,1,5H2,(H,6,8);1H;1H3;/t;;;;3-,4-;3-,4+;2-,3?;2-,3+;;;/m....1011.../s1. The number of nitrogens with one attached hydrogen (secondary N) is 3.